The molecule has 1 saturated heterocycles. The van der Waals surface area contributed by atoms with Crippen LogP contribution in [0.1, 0.15) is 43.2 Å². The van der Waals surface area contributed by atoms with Crippen molar-refractivity contribution in [3.05, 3.63) is 59.7 Å². The molecule has 34 heavy (non-hydrogen) atoms. The van der Waals surface area contributed by atoms with Crippen molar-refractivity contribution >= 4 is 18.0 Å². The topological polar surface area (TPSA) is 108 Å². The van der Waals surface area contributed by atoms with Crippen LogP contribution in [0.5, 0.6) is 0 Å². The fraction of sp³-hybridized carbons (Fsp3) is 0.423. The molecule has 180 valence electrons. The van der Waals surface area contributed by atoms with Gasteiger partial charge in [0.2, 0.25) is 5.91 Å². The second kappa shape index (κ2) is 10.7. The van der Waals surface area contributed by atoms with E-state index in [-0.39, 0.29) is 37.3 Å². The van der Waals surface area contributed by atoms with E-state index >= 15 is 0 Å². The number of ether oxygens (including phenoxy) is 1. The zero-order valence-electron chi connectivity index (χ0n) is 19.3. The van der Waals surface area contributed by atoms with Gasteiger partial charge in [-0.2, -0.15) is 0 Å². The molecule has 0 bridgehead atoms. The van der Waals surface area contributed by atoms with E-state index in [1.54, 1.807) is 0 Å². The summed E-state index contributed by atoms with van der Waals surface area (Å²) in [5.74, 6) is -1.49. The lowest BCUT2D eigenvalue weighted by Crippen LogP contribution is -2.50. The van der Waals surface area contributed by atoms with Crippen LogP contribution in [0.2, 0.25) is 0 Å². The fourth-order valence-corrected chi connectivity index (χ4v) is 4.86. The van der Waals surface area contributed by atoms with Crippen LogP contribution >= 0.6 is 0 Å². The van der Waals surface area contributed by atoms with Crippen molar-refractivity contribution in [2.75, 3.05) is 26.2 Å². The Hall–Kier alpha value is -3.39. The molecule has 0 radical (unpaired) electrons. The minimum Gasteiger partial charge on any atom is -0.481 e. The maximum Gasteiger partial charge on any atom is 0.407 e. The Morgan fingerprint density at radius 3 is 2.32 bits per heavy atom. The third-order valence-electron chi connectivity index (χ3n) is 6.67. The summed E-state index contributed by atoms with van der Waals surface area (Å²) in [4.78, 5) is 38.8. The van der Waals surface area contributed by atoms with Crippen molar-refractivity contribution in [1.29, 1.82) is 0 Å². The Bertz CT molecular complexity index is 1010. The molecule has 4 rings (SSSR count). The van der Waals surface area contributed by atoms with Gasteiger partial charge in [-0.15, -0.1) is 0 Å². The van der Waals surface area contributed by atoms with Gasteiger partial charge in [0.15, 0.2) is 0 Å². The number of amides is 2. The van der Waals surface area contributed by atoms with Crippen molar-refractivity contribution < 1.29 is 24.2 Å². The van der Waals surface area contributed by atoms with Gasteiger partial charge in [-0.25, -0.2) is 4.79 Å². The highest BCUT2D eigenvalue weighted by Crippen LogP contribution is 2.44. The molecule has 2 aromatic rings. The number of rotatable bonds is 9. The Kier molecular flexibility index (Phi) is 7.47. The van der Waals surface area contributed by atoms with E-state index in [0.29, 0.717) is 0 Å². The number of carbonyl (C=O) groups excluding carboxylic acids is 2. The van der Waals surface area contributed by atoms with Gasteiger partial charge in [-0.1, -0.05) is 55.5 Å². The Morgan fingerprint density at radius 1 is 1.09 bits per heavy atom. The van der Waals surface area contributed by atoms with Crippen molar-refractivity contribution in [1.82, 2.24) is 15.5 Å². The molecule has 2 atom stereocenters. The number of carboxylic acid groups (broad SMARTS) is 1. The summed E-state index contributed by atoms with van der Waals surface area (Å²) >= 11 is 0. The number of carboxylic acids is 1. The van der Waals surface area contributed by atoms with Crippen molar-refractivity contribution in [3.63, 3.8) is 0 Å². The van der Waals surface area contributed by atoms with Gasteiger partial charge in [-0.05, 0) is 41.6 Å². The first-order chi connectivity index (χ1) is 16.5. The number of carbonyl (C=O) groups is 3. The number of likely N-dealkylation sites (N-methyl/N-ethyl adjacent to an activating group) is 1. The number of benzene rings is 2. The standard InChI is InChI=1S/C26H31N3O5/c1-2-29-14-13-17(15-29)27-25(32)23(11-12-24(30)31)28-26(33)34-16-22-20-9-5-3-7-18(20)19-8-4-6-10-21(19)22/h3-10,17,22-23H,2,11-16H2,1H3,(H,27,32)(H,28,33)(H,30,31). The van der Waals surface area contributed by atoms with E-state index in [4.69, 9.17) is 9.84 Å². The molecular weight excluding hydrogens is 434 g/mol. The van der Waals surface area contributed by atoms with Crippen LogP contribution in [-0.4, -0.2) is 66.3 Å². The first kappa shape index (κ1) is 23.8. The van der Waals surface area contributed by atoms with Gasteiger partial charge in [0.25, 0.3) is 0 Å². The van der Waals surface area contributed by atoms with Gasteiger partial charge in [0.05, 0.1) is 0 Å². The maximum absolute atomic E-state index is 12.8. The predicted octanol–water partition coefficient (Wildman–Crippen LogP) is 2.97. The number of hydrogen-bond acceptors (Lipinski definition) is 5. The highest BCUT2D eigenvalue weighted by atomic mass is 16.5. The third kappa shape index (κ3) is 5.39. The summed E-state index contributed by atoms with van der Waals surface area (Å²) in [6.45, 7) is 4.76. The number of hydrogen-bond donors (Lipinski definition) is 3. The first-order valence-electron chi connectivity index (χ1n) is 11.8. The molecule has 2 unspecified atom stereocenters. The molecule has 0 aromatic heterocycles. The predicted molar refractivity (Wildman–Crippen MR) is 128 cm³/mol. The molecule has 0 spiro atoms. The number of aliphatic carboxylic acids is 1. The zero-order chi connectivity index (χ0) is 24.1. The first-order valence-corrected chi connectivity index (χ1v) is 11.8. The van der Waals surface area contributed by atoms with E-state index in [2.05, 4.69) is 34.6 Å². The average Bonchev–Trinajstić information content (AvgIpc) is 3.42. The fourth-order valence-electron chi connectivity index (χ4n) is 4.86. The Balaban J connectivity index is 1.38. The average molecular weight is 466 g/mol. The van der Waals surface area contributed by atoms with E-state index in [9.17, 15) is 14.4 Å². The monoisotopic (exact) mass is 465 g/mol. The molecule has 2 amide bonds. The number of nitrogens with one attached hydrogen (secondary N) is 2. The molecule has 0 saturated carbocycles. The van der Waals surface area contributed by atoms with E-state index < -0.39 is 18.1 Å². The molecule has 8 heteroatoms. The highest BCUT2D eigenvalue weighted by Gasteiger charge is 2.31. The van der Waals surface area contributed by atoms with E-state index in [1.165, 1.54) is 0 Å². The van der Waals surface area contributed by atoms with Crippen molar-refractivity contribution in [2.24, 2.45) is 0 Å². The summed E-state index contributed by atoms with van der Waals surface area (Å²) in [7, 11) is 0. The van der Waals surface area contributed by atoms with Crippen LogP contribution in [-0.2, 0) is 14.3 Å². The molecular formula is C26H31N3O5. The Labute approximate surface area is 199 Å². The van der Waals surface area contributed by atoms with Gasteiger partial charge < -0.3 is 25.4 Å². The number of likely N-dealkylation sites (tertiary alicyclic amines) is 1. The third-order valence-corrected chi connectivity index (χ3v) is 6.67. The van der Waals surface area contributed by atoms with Crippen LogP contribution in [0.3, 0.4) is 0 Å². The number of nitrogens with zero attached hydrogens (tertiary/aromatic N) is 1. The largest absolute Gasteiger partial charge is 0.481 e. The SMILES string of the molecule is CCN1CCC(NC(=O)C(CCC(=O)O)NC(=O)OCC2c3ccccc3-c3ccccc32)C1. The van der Waals surface area contributed by atoms with Gasteiger partial charge in [0.1, 0.15) is 12.6 Å². The quantitative estimate of drug-likeness (QED) is 0.526. The molecule has 2 aliphatic rings. The molecule has 1 aliphatic carbocycles. The molecule has 8 nitrogen and oxygen atoms in total. The molecule has 2 aromatic carbocycles. The molecule has 1 heterocycles. The second-order valence-corrected chi connectivity index (χ2v) is 8.84. The van der Waals surface area contributed by atoms with Crippen LogP contribution in [0.4, 0.5) is 4.79 Å². The summed E-state index contributed by atoms with van der Waals surface area (Å²) in [6, 6.07) is 15.1. The lowest BCUT2D eigenvalue weighted by atomic mass is 9.98. The maximum atomic E-state index is 12.8. The van der Waals surface area contributed by atoms with Crippen molar-refractivity contribution in [2.45, 2.75) is 44.2 Å². The number of fused-ring (bicyclic) bond motifs is 3. The van der Waals surface area contributed by atoms with Crippen LogP contribution in [0.15, 0.2) is 48.5 Å². The smallest absolute Gasteiger partial charge is 0.407 e. The highest BCUT2D eigenvalue weighted by molar-refractivity contribution is 5.86. The normalized spacial score (nSPS) is 18.1. The lowest BCUT2D eigenvalue weighted by Gasteiger charge is -2.21. The second-order valence-electron chi connectivity index (χ2n) is 8.84. The summed E-state index contributed by atoms with van der Waals surface area (Å²) in [5, 5.41) is 14.6. The minimum atomic E-state index is -1.02. The molecule has 3 N–H and O–H groups in total. The van der Waals surface area contributed by atoms with E-state index in [0.717, 1.165) is 48.3 Å². The van der Waals surface area contributed by atoms with Crippen molar-refractivity contribution in [3.8, 4) is 11.1 Å². The minimum absolute atomic E-state index is 0.00439. The van der Waals surface area contributed by atoms with Crippen LogP contribution in [0.25, 0.3) is 11.1 Å². The van der Waals surface area contributed by atoms with Gasteiger partial charge >= 0.3 is 12.1 Å². The Morgan fingerprint density at radius 2 is 1.74 bits per heavy atom. The molecule has 1 aliphatic heterocycles. The lowest BCUT2D eigenvalue weighted by molar-refractivity contribution is -0.137. The molecule has 1 fully saturated rings. The van der Waals surface area contributed by atoms with E-state index in [1.807, 2.05) is 36.4 Å². The van der Waals surface area contributed by atoms with Crippen LogP contribution in [0, 0.1) is 0 Å². The summed E-state index contributed by atoms with van der Waals surface area (Å²) in [6.07, 6.45) is -0.131. The summed E-state index contributed by atoms with van der Waals surface area (Å²) in [5.41, 5.74) is 4.45. The van der Waals surface area contributed by atoms with Gasteiger partial charge in [0, 0.05) is 31.5 Å². The summed E-state index contributed by atoms with van der Waals surface area (Å²) < 4.78 is 5.55. The zero-order valence-corrected chi connectivity index (χ0v) is 19.3. The number of alkyl carbamates (subject to hydrolysis) is 1. The van der Waals surface area contributed by atoms with Crippen LogP contribution < -0.4 is 10.6 Å². The van der Waals surface area contributed by atoms with Gasteiger partial charge in [-0.3, -0.25) is 9.59 Å².